The Balaban J connectivity index is 1.87. The first-order chi connectivity index (χ1) is 9.79. The molecule has 0 spiro atoms. The molecule has 2 rings (SSSR count). The molecular weight excluding hydrogens is 270 g/mol. The summed E-state index contributed by atoms with van der Waals surface area (Å²) in [5.74, 6) is 1.68. The molecule has 0 saturated heterocycles. The van der Waals surface area contributed by atoms with Crippen molar-refractivity contribution in [3.05, 3.63) is 48.4 Å². The van der Waals surface area contributed by atoms with Crippen molar-refractivity contribution in [2.75, 3.05) is 12.4 Å². The van der Waals surface area contributed by atoms with Crippen LogP contribution in [-0.2, 0) is 0 Å². The van der Waals surface area contributed by atoms with Gasteiger partial charge in [0.15, 0.2) is 0 Å². The number of rotatable bonds is 7. The second-order valence-electron chi connectivity index (χ2n) is 4.38. The lowest BCUT2D eigenvalue weighted by Crippen LogP contribution is -2.13. The van der Waals surface area contributed by atoms with E-state index in [2.05, 4.69) is 16.9 Å². The summed E-state index contributed by atoms with van der Waals surface area (Å²) < 4.78 is 5.56. The lowest BCUT2D eigenvalue weighted by atomic mass is 10.1. The van der Waals surface area contributed by atoms with Crippen LogP contribution in [0.2, 0.25) is 0 Å². The van der Waals surface area contributed by atoms with E-state index in [9.17, 15) is 0 Å². The Kier molecular flexibility index (Phi) is 5.83. The number of thioether (sulfide) groups is 1. The van der Waals surface area contributed by atoms with E-state index in [4.69, 9.17) is 10.5 Å². The van der Waals surface area contributed by atoms with Crippen molar-refractivity contribution in [2.24, 2.45) is 5.73 Å². The number of benzene rings is 1. The molecule has 2 aromatic rings. The third kappa shape index (κ3) is 4.51. The second kappa shape index (κ2) is 7.87. The molecule has 1 aromatic heterocycles. The zero-order valence-electron chi connectivity index (χ0n) is 11.5. The molecule has 0 aliphatic heterocycles. The molecule has 106 valence electrons. The molecule has 1 unspecified atom stereocenters. The molecule has 0 radical (unpaired) electrons. The average molecular weight is 289 g/mol. The molecule has 4 nitrogen and oxygen atoms in total. The summed E-state index contributed by atoms with van der Waals surface area (Å²) in [6.07, 6.45) is 4.30. The van der Waals surface area contributed by atoms with Crippen LogP contribution in [0.3, 0.4) is 0 Å². The van der Waals surface area contributed by atoms with E-state index in [-0.39, 0.29) is 6.04 Å². The van der Waals surface area contributed by atoms with Crippen molar-refractivity contribution in [2.45, 2.75) is 24.4 Å². The Morgan fingerprint density at radius 3 is 2.70 bits per heavy atom. The molecule has 0 fully saturated rings. The van der Waals surface area contributed by atoms with Crippen LogP contribution < -0.4 is 10.5 Å². The van der Waals surface area contributed by atoms with Crippen LogP contribution in [0, 0.1) is 0 Å². The van der Waals surface area contributed by atoms with Gasteiger partial charge in [0, 0.05) is 18.0 Å². The Hall–Kier alpha value is -1.59. The summed E-state index contributed by atoms with van der Waals surface area (Å²) >= 11 is 1.63. The third-order valence-corrected chi connectivity index (χ3v) is 3.81. The number of hydrogen-bond acceptors (Lipinski definition) is 5. The van der Waals surface area contributed by atoms with Gasteiger partial charge in [-0.05, 0) is 30.2 Å². The summed E-state index contributed by atoms with van der Waals surface area (Å²) in [6.45, 7) is 2.84. The van der Waals surface area contributed by atoms with Gasteiger partial charge in [-0.2, -0.15) is 0 Å². The van der Waals surface area contributed by atoms with E-state index < -0.39 is 0 Å². The van der Waals surface area contributed by atoms with E-state index in [0.717, 1.165) is 35.1 Å². The lowest BCUT2D eigenvalue weighted by molar-refractivity contribution is 0.317. The van der Waals surface area contributed by atoms with Crippen LogP contribution in [0.4, 0.5) is 0 Å². The van der Waals surface area contributed by atoms with E-state index >= 15 is 0 Å². The van der Waals surface area contributed by atoms with Crippen molar-refractivity contribution in [3.63, 3.8) is 0 Å². The monoisotopic (exact) mass is 289 g/mol. The molecule has 0 aliphatic carbocycles. The average Bonchev–Trinajstić information content (AvgIpc) is 2.52. The van der Waals surface area contributed by atoms with Crippen molar-refractivity contribution in [3.8, 4) is 5.75 Å². The summed E-state index contributed by atoms with van der Waals surface area (Å²) in [7, 11) is 0. The van der Waals surface area contributed by atoms with Gasteiger partial charge in [-0.15, -0.1) is 11.8 Å². The fourth-order valence-corrected chi connectivity index (χ4v) is 2.49. The van der Waals surface area contributed by atoms with E-state index in [1.807, 2.05) is 30.3 Å². The van der Waals surface area contributed by atoms with Crippen LogP contribution in [0.1, 0.15) is 24.9 Å². The van der Waals surface area contributed by atoms with Crippen molar-refractivity contribution < 1.29 is 4.74 Å². The van der Waals surface area contributed by atoms with Crippen LogP contribution in [0.5, 0.6) is 5.75 Å². The minimum Gasteiger partial charge on any atom is -0.494 e. The normalized spacial score (nSPS) is 12.1. The molecule has 0 bridgehead atoms. The summed E-state index contributed by atoms with van der Waals surface area (Å²) in [5.41, 5.74) is 7.29. The van der Waals surface area contributed by atoms with Gasteiger partial charge >= 0.3 is 0 Å². The third-order valence-electron chi connectivity index (χ3n) is 2.75. The minimum atomic E-state index is -0.0183. The zero-order valence-corrected chi connectivity index (χ0v) is 12.3. The fourth-order valence-electron chi connectivity index (χ4n) is 1.67. The van der Waals surface area contributed by atoms with Gasteiger partial charge in [0.1, 0.15) is 12.1 Å². The first kappa shape index (κ1) is 14.8. The highest BCUT2D eigenvalue weighted by Gasteiger charge is 2.07. The number of nitrogens with zero attached hydrogens (tertiary/aromatic N) is 2. The maximum atomic E-state index is 6.19. The molecule has 0 aliphatic rings. The highest BCUT2D eigenvalue weighted by atomic mass is 32.2. The molecular formula is C15H19N3OS. The summed E-state index contributed by atoms with van der Waals surface area (Å²) in [6, 6.07) is 9.86. The van der Waals surface area contributed by atoms with Crippen LogP contribution in [0.15, 0.2) is 47.9 Å². The van der Waals surface area contributed by atoms with Gasteiger partial charge in [-0.25, -0.2) is 9.97 Å². The highest BCUT2D eigenvalue weighted by molar-refractivity contribution is 7.99. The minimum absolute atomic E-state index is 0.0183. The second-order valence-corrected chi connectivity index (χ2v) is 5.42. The van der Waals surface area contributed by atoms with Crippen LogP contribution in [-0.4, -0.2) is 22.3 Å². The van der Waals surface area contributed by atoms with Gasteiger partial charge in [0.25, 0.3) is 0 Å². The zero-order chi connectivity index (χ0) is 14.2. The predicted molar refractivity (Wildman–Crippen MR) is 81.9 cm³/mol. The molecule has 2 N–H and O–H groups in total. The van der Waals surface area contributed by atoms with E-state index in [0.29, 0.717) is 0 Å². The van der Waals surface area contributed by atoms with E-state index in [1.165, 1.54) is 0 Å². The van der Waals surface area contributed by atoms with E-state index in [1.54, 1.807) is 24.3 Å². The Morgan fingerprint density at radius 2 is 2.05 bits per heavy atom. The molecule has 20 heavy (non-hydrogen) atoms. The Labute approximate surface area is 123 Å². The fraction of sp³-hybridized carbons (Fsp3) is 0.333. The number of hydrogen-bond donors (Lipinski definition) is 1. The molecule has 0 amide bonds. The molecule has 0 saturated carbocycles. The maximum Gasteiger partial charge on any atom is 0.119 e. The molecule has 1 atom stereocenters. The Morgan fingerprint density at radius 1 is 1.25 bits per heavy atom. The summed E-state index contributed by atoms with van der Waals surface area (Å²) in [5, 5.41) is 0.943. The van der Waals surface area contributed by atoms with Crippen molar-refractivity contribution >= 4 is 11.8 Å². The summed E-state index contributed by atoms with van der Waals surface area (Å²) in [4.78, 5) is 8.06. The first-order valence-corrected chi connectivity index (χ1v) is 7.65. The van der Waals surface area contributed by atoms with Gasteiger partial charge in [0.2, 0.25) is 0 Å². The topological polar surface area (TPSA) is 61.0 Å². The highest BCUT2D eigenvalue weighted by Crippen LogP contribution is 2.23. The largest absolute Gasteiger partial charge is 0.494 e. The molecule has 5 heteroatoms. The quantitative estimate of drug-likeness (QED) is 0.627. The standard InChI is InChI=1S/C15H19N3OS/c1-2-9-19-13-5-3-12(4-6-13)14(16)10-20-15-7-8-17-11-18-15/h3-8,11,14H,2,9-10,16H2,1H3. The van der Waals surface area contributed by atoms with Crippen molar-refractivity contribution in [1.82, 2.24) is 9.97 Å². The van der Waals surface area contributed by atoms with Crippen LogP contribution in [0.25, 0.3) is 0 Å². The smallest absolute Gasteiger partial charge is 0.119 e. The molecule has 1 heterocycles. The molecule has 1 aromatic carbocycles. The van der Waals surface area contributed by atoms with Gasteiger partial charge < -0.3 is 10.5 Å². The number of ether oxygens (including phenoxy) is 1. The van der Waals surface area contributed by atoms with Gasteiger partial charge in [0.05, 0.1) is 11.6 Å². The lowest BCUT2D eigenvalue weighted by Gasteiger charge is -2.12. The van der Waals surface area contributed by atoms with Crippen LogP contribution >= 0.6 is 11.8 Å². The first-order valence-electron chi connectivity index (χ1n) is 6.66. The van der Waals surface area contributed by atoms with Gasteiger partial charge in [-0.3, -0.25) is 0 Å². The van der Waals surface area contributed by atoms with Crippen molar-refractivity contribution in [1.29, 1.82) is 0 Å². The number of aromatic nitrogens is 2. The van der Waals surface area contributed by atoms with Gasteiger partial charge in [-0.1, -0.05) is 19.1 Å². The predicted octanol–water partition coefficient (Wildman–Crippen LogP) is 3.06. The Bertz CT molecular complexity index is 504. The maximum absolute atomic E-state index is 6.19. The number of nitrogens with two attached hydrogens (primary N) is 1. The SMILES string of the molecule is CCCOc1ccc(C(N)CSc2ccncn2)cc1.